The molecule has 29 heavy (non-hydrogen) atoms. The lowest BCUT2D eigenvalue weighted by atomic mass is 9.90. The Hall–Kier alpha value is -2.18. The summed E-state index contributed by atoms with van der Waals surface area (Å²) in [6, 6.07) is 15.1. The van der Waals surface area contributed by atoms with Gasteiger partial charge in [-0.15, -0.1) is 0 Å². The van der Waals surface area contributed by atoms with Crippen LogP contribution in [-0.4, -0.2) is 45.1 Å². The van der Waals surface area contributed by atoms with Crippen LogP contribution in [0.2, 0.25) is 0 Å². The molecule has 2 aromatic carbocycles. The number of sulfone groups is 1. The summed E-state index contributed by atoms with van der Waals surface area (Å²) in [6.07, 6.45) is 5.75. The van der Waals surface area contributed by atoms with Gasteiger partial charge in [-0.05, 0) is 81.4 Å². The van der Waals surface area contributed by atoms with Crippen LogP contribution in [0.4, 0.5) is 5.69 Å². The third kappa shape index (κ3) is 6.68. The molecule has 1 fully saturated rings. The lowest BCUT2D eigenvalue weighted by Gasteiger charge is -2.31. The first-order valence-corrected chi connectivity index (χ1v) is 12.1. The van der Waals surface area contributed by atoms with Crippen LogP contribution in [0.1, 0.15) is 30.4 Å². The highest BCUT2D eigenvalue weighted by atomic mass is 32.2. The van der Waals surface area contributed by atoms with Gasteiger partial charge in [0, 0.05) is 11.9 Å². The molecule has 1 amide bonds. The van der Waals surface area contributed by atoms with Crippen molar-refractivity contribution in [2.24, 2.45) is 5.92 Å². The molecule has 0 bridgehead atoms. The molecule has 1 heterocycles. The average molecular weight is 415 g/mol. The molecule has 1 N–H and O–H groups in total. The Morgan fingerprint density at radius 3 is 2.24 bits per heavy atom. The van der Waals surface area contributed by atoms with E-state index in [9.17, 15) is 13.2 Å². The summed E-state index contributed by atoms with van der Waals surface area (Å²) in [5.41, 5.74) is 3.32. The molecule has 3 rings (SSSR count). The minimum atomic E-state index is -3.22. The number of carbonyl (C=O) groups is 1. The maximum absolute atomic E-state index is 12.3. The lowest BCUT2D eigenvalue weighted by molar-refractivity contribution is -0.117. The fraction of sp³-hybridized carbons (Fsp3) is 0.435. The molecule has 0 aliphatic carbocycles. The largest absolute Gasteiger partial charge is 0.325 e. The topological polar surface area (TPSA) is 66.5 Å². The molecule has 1 aliphatic heterocycles. The second-order valence-corrected chi connectivity index (χ2v) is 10.1. The number of hydrogen-bond acceptors (Lipinski definition) is 4. The van der Waals surface area contributed by atoms with E-state index in [1.54, 1.807) is 12.1 Å². The van der Waals surface area contributed by atoms with E-state index in [2.05, 4.69) is 41.4 Å². The fourth-order valence-electron chi connectivity index (χ4n) is 3.75. The van der Waals surface area contributed by atoms with Gasteiger partial charge in [-0.2, -0.15) is 0 Å². The number of nitrogens with zero attached hydrogens (tertiary/aromatic N) is 1. The Bertz CT molecular complexity index is 914. The minimum Gasteiger partial charge on any atom is -0.325 e. The highest BCUT2D eigenvalue weighted by molar-refractivity contribution is 7.90. The molecular weight excluding hydrogens is 384 g/mol. The lowest BCUT2D eigenvalue weighted by Crippen LogP contribution is -2.39. The average Bonchev–Trinajstić information content (AvgIpc) is 2.68. The maximum atomic E-state index is 12.3. The number of hydrogen-bond donors (Lipinski definition) is 1. The molecule has 0 aromatic heterocycles. The van der Waals surface area contributed by atoms with Crippen LogP contribution < -0.4 is 5.32 Å². The smallest absolute Gasteiger partial charge is 0.238 e. The molecule has 0 unspecified atom stereocenters. The van der Waals surface area contributed by atoms with Gasteiger partial charge in [-0.25, -0.2) is 8.42 Å². The quantitative estimate of drug-likeness (QED) is 0.751. The summed E-state index contributed by atoms with van der Waals surface area (Å²) in [4.78, 5) is 14.8. The first-order valence-electron chi connectivity index (χ1n) is 10.2. The van der Waals surface area contributed by atoms with Crippen LogP contribution in [-0.2, 0) is 21.1 Å². The summed E-state index contributed by atoms with van der Waals surface area (Å²) in [5, 5.41) is 2.85. The summed E-state index contributed by atoms with van der Waals surface area (Å²) >= 11 is 0. The number of aryl methyl sites for hydroxylation is 2. The van der Waals surface area contributed by atoms with Gasteiger partial charge in [0.1, 0.15) is 0 Å². The Morgan fingerprint density at radius 2 is 1.66 bits per heavy atom. The highest BCUT2D eigenvalue weighted by Gasteiger charge is 2.20. The zero-order chi connectivity index (χ0) is 20.9. The van der Waals surface area contributed by atoms with E-state index in [0.29, 0.717) is 12.2 Å². The van der Waals surface area contributed by atoms with Crippen molar-refractivity contribution in [3.05, 3.63) is 59.7 Å². The van der Waals surface area contributed by atoms with Gasteiger partial charge in [0.25, 0.3) is 0 Å². The molecule has 1 aliphatic rings. The zero-order valence-electron chi connectivity index (χ0n) is 17.2. The van der Waals surface area contributed by atoms with Gasteiger partial charge >= 0.3 is 0 Å². The van der Waals surface area contributed by atoms with E-state index >= 15 is 0 Å². The molecule has 156 valence electrons. The Labute approximate surface area is 174 Å². The first kappa shape index (κ1) is 21.5. The third-order valence-corrected chi connectivity index (χ3v) is 6.73. The van der Waals surface area contributed by atoms with E-state index < -0.39 is 9.84 Å². The Morgan fingerprint density at radius 1 is 1.03 bits per heavy atom. The molecule has 5 nitrogen and oxygen atoms in total. The van der Waals surface area contributed by atoms with Crippen molar-refractivity contribution in [1.82, 2.24) is 4.90 Å². The first-order chi connectivity index (χ1) is 13.8. The number of rotatable bonds is 7. The third-order valence-electron chi connectivity index (χ3n) is 5.60. The number of likely N-dealkylation sites (tertiary alicyclic amines) is 1. The summed E-state index contributed by atoms with van der Waals surface area (Å²) in [7, 11) is -3.22. The van der Waals surface area contributed by atoms with Crippen molar-refractivity contribution in [2.45, 2.75) is 37.5 Å². The standard InChI is InChI=1S/C23H30N2O3S/c1-18-3-5-19(6-4-18)7-8-20-13-15-25(16-14-20)17-23(26)24-21-9-11-22(12-10-21)29(2,27)28/h3-6,9-12,20H,7-8,13-17H2,1-2H3,(H,24,26). The fourth-order valence-corrected chi connectivity index (χ4v) is 4.38. The van der Waals surface area contributed by atoms with Crippen LogP contribution in [0.15, 0.2) is 53.4 Å². The van der Waals surface area contributed by atoms with Crippen molar-refractivity contribution >= 4 is 21.4 Å². The SMILES string of the molecule is Cc1ccc(CCC2CCN(CC(=O)Nc3ccc(S(C)(=O)=O)cc3)CC2)cc1. The summed E-state index contributed by atoms with van der Waals surface area (Å²) in [6.45, 7) is 4.37. The molecular formula is C23H30N2O3S. The van der Waals surface area contributed by atoms with Gasteiger partial charge in [-0.1, -0.05) is 29.8 Å². The minimum absolute atomic E-state index is 0.0600. The van der Waals surface area contributed by atoms with Gasteiger partial charge in [-0.3, -0.25) is 9.69 Å². The van der Waals surface area contributed by atoms with Crippen molar-refractivity contribution in [2.75, 3.05) is 31.2 Å². The second-order valence-electron chi connectivity index (χ2n) is 8.09. The van der Waals surface area contributed by atoms with Crippen LogP contribution in [0.5, 0.6) is 0 Å². The van der Waals surface area contributed by atoms with Gasteiger partial charge in [0.2, 0.25) is 5.91 Å². The predicted octanol–water partition coefficient (Wildman–Crippen LogP) is 3.68. The number of anilines is 1. The highest BCUT2D eigenvalue weighted by Crippen LogP contribution is 2.22. The summed E-state index contributed by atoms with van der Waals surface area (Å²) in [5.74, 6) is 0.661. The van der Waals surface area contributed by atoms with Crippen molar-refractivity contribution in [1.29, 1.82) is 0 Å². The second kappa shape index (κ2) is 9.55. The Balaban J connectivity index is 1.39. The number of carbonyl (C=O) groups excluding carboxylic acids is 1. The van der Waals surface area contributed by atoms with Crippen molar-refractivity contribution < 1.29 is 13.2 Å². The molecule has 0 saturated carbocycles. The monoisotopic (exact) mass is 414 g/mol. The van der Waals surface area contributed by atoms with E-state index in [0.717, 1.165) is 38.3 Å². The van der Waals surface area contributed by atoms with Gasteiger partial charge in [0.05, 0.1) is 11.4 Å². The number of piperidine rings is 1. The van der Waals surface area contributed by atoms with Gasteiger partial charge in [0.15, 0.2) is 9.84 Å². The van der Waals surface area contributed by atoms with Crippen LogP contribution in [0.25, 0.3) is 0 Å². The zero-order valence-corrected chi connectivity index (χ0v) is 18.0. The van der Waals surface area contributed by atoms with E-state index in [-0.39, 0.29) is 10.8 Å². The normalized spacial score (nSPS) is 15.9. The van der Waals surface area contributed by atoms with Crippen LogP contribution in [0.3, 0.4) is 0 Å². The van der Waals surface area contributed by atoms with Crippen molar-refractivity contribution in [3.63, 3.8) is 0 Å². The molecule has 6 heteroatoms. The molecule has 2 aromatic rings. The van der Waals surface area contributed by atoms with Crippen LogP contribution in [0, 0.1) is 12.8 Å². The molecule has 0 spiro atoms. The van der Waals surface area contributed by atoms with Crippen LogP contribution >= 0.6 is 0 Å². The van der Waals surface area contributed by atoms with Gasteiger partial charge < -0.3 is 5.32 Å². The molecule has 1 saturated heterocycles. The predicted molar refractivity (Wildman–Crippen MR) is 117 cm³/mol. The van der Waals surface area contributed by atoms with Crippen molar-refractivity contribution in [3.8, 4) is 0 Å². The number of amides is 1. The number of benzene rings is 2. The van der Waals surface area contributed by atoms with E-state index in [1.807, 2.05) is 0 Å². The summed E-state index contributed by atoms with van der Waals surface area (Å²) < 4.78 is 23.0. The molecule has 0 atom stereocenters. The van der Waals surface area contributed by atoms with E-state index in [4.69, 9.17) is 0 Å². The maximum Gasteiger partial charge on any atom is 0.238 e. The Kier molecular flexibility index (Phi) is 7.09. The number of nitrogens with one attached hydrogen (secondary N) is 1. The van der Waals surface area contributed by atoms with E-state index in [1.165, 1.54) is 35.9 Å². The molecule has 0 radical (unpaired) electrons.